The van der Waals surface area contributed by atoms with E-state index in [0.717, 1.165) is 38.6 Å². The van der Waals surface area contributed by atoms with Crippen molar-refractivity contribution in [2.45, 2.75) is 50.5 Å². The Kier molecular flexibility index (Phi) is 6.47. The fraction of sp³-hybridized carbons (Fsp3) is 0.667. The van der Waals surface area contributed by atoms with Crippen LogP contribution in [0.4, 0.5) is 0 Å². The Balaban J connectivity index is 1.65. The van der Waals surface area contributed by atoms with Gasteiger partial charge in [0.1, 0.15) is 0 Å². The molecule has 1 heterocycles. The zero-order valence-corrected chi connectivity index (χ0v) is 15.0. The van der Waals surface area contributed by atoms with E-state index in [4.69, 9.17) is 4.74 Å². The fourth-order valence-corrected chi connectivity index (χ4v) is 4.73. The monoisotopic (exact) mass is 342 g/mol. The molecule has 2 aliphatic rings. The molecule has 0 aromatic heterocycles. The lowest BCUT2D eigenvalue weighted by Crippen LogP contribution is -2.45. The minimum absolute atomic E-state index is 0.203. The van der Waals surface area contributed by atoms with Crippen molar-refractivity contribution in [3.05, 3.63) is 35.9 Å². The molecule has 1 aliphatic carbocycles. The van der Waals surface area contributed by atoms with Gasteiger partial charge in [0.2, 0.25) is 0 Å². The first-order valence-electron chi connectivity index (χ1n) is 9.67. The van der Waals surface area contributed by atoms with Crippen LogP contribution in [0.2, 0.25) is 0 Å². The van der Waals surface area contributed by atoms with E-state index in [-0.39, 0.29) is 12.0 Å². The Labute approximate surface area is 151 Å². The second-order valence-electron chi connectivity index (χ2n) is 7.55. The average molecular weight is 342 g/mol. The largest absolute Gasteiger partial charge is 0.396 e. The zero-order valence-electron chi connectivity index (χ0n) is 15.0. The number of ether oxygens (including phenoxy) is 1. The molecule has 1 saturated carbocycles. The van der Waals surface area contributed by atoms with Crippen LogP contribution in [-0.2, 0) is 4.74 Å². The molecule has 0 bridgehead atoms. The molecule has 0 radical (unpaired) electrons. The summed E-state index contributed by atoms with van der Waals surface area (Å²) in [6.45, 7) is 2.50. The van der Waals surface area contributed by atoms with E-state index in [2.05, 4.69) is 35.7 Å². The van der Waals surface area contributed by atoms with E-state index in [1.807, 2.05) is 6.07 Å². The number of nitrogens with zero attached hydrogens (tertiary/aromatic N) is 1. The van der Waals surface area contributed by atoms with Crippen LogP contribution in [-0.4, -0.2) is 37.5 Å². The van der Waals surface area contributed by atoms with Gasteiger partial charge < -0.3 is 15.2 Å². The number of aliphatic hydroxyl groups excluding tert-OH is 1. The lowest BCUT2D eigenvalue weighted by atomic mass is 9.68. The lowest BCUT2D eigenvalue weighted by molar-refractivity contribution is 0.00814. The van der Waals surface area contributed by atoms with Gasteiger partial charge >= 0.3 is 0 Å². The summed E-state index contributed by atoms with van der Waals surface area (Å²) in [6.07, 6.45) is 5.99. The van der Waals surface area contributed by atoms with Crippen molar-refractivity contribution >= 4 is 0 Å². The summed E-state index contributed by atoms with van der Waals surface area (Å²) in [6, 6.07) is 13.5. The molecule has 2 N–H and O–H groups in total. The molecule has 136 valence electrons. The molecule has 2 fully saturated rings. The molecular weight excluding hydrogens is 312 g/mol. The Bertz CT molecular complexity index is 563. The second kappa shape index (κ2) is 8.80. The van der Waals surface area contributed by atoms with Crippen LogP contribution >= 0.6 is 0 Å². The predicted octanol–water partition coefficient (Wildman–Crippen LogP) is 3.23. The fourth-order valence-electron chi connectivity index (χ4n) is 4.73. The topological polar surface area (TPSA) is 65.3 Å². The Morgan fingerprint density at radius 1 is 1.24 bits per heavy atom. The summed E-state index contributed by atoms with van der Waals surface area (Å²) >= 11 is 0. The minimum atomic E-state index is -0.217. The third-order valence-electron chi connectivity index (χ3n) is 6.21. The van der Waals surface area contributed by atoms with Gasteiger partial charge in [-0.3, -0.25) is 0 Å². The van der Waals surface area contributed by atoms with Crippen molar-refractivity contribution in [2.24, 2.45) is 11.3 Å². The number of rotatable bonds is 7. The Morgan fingerprint density at radius 2 is 2.00 bits per heavy atom. The molecule has 1 aliphatic heterocycles. The number of hydrogen-bond donors (Lipinski definition) is 2. The normalized spacial score (nSPS) is 26.9. The van der Waals surface area contributed by atoms with Gasteiger partial charge in [-0.25, -0.2) is 0 Å². The molecule has 3 rings (SSSR count). The molecule has 1 saturated heterocycles. The van der Waals surface area contributed by atoms with Gasteiger partial charge in [0.05, 0.1) is 11.5 Å². The van der Waals surface area contributed by atoms with Gasteiger partial charge in [-0.2, -0.15) is 5.26 Å². The number of nitriles is 1. The van der Waals surface area contributed by atoms with Crippen molar-refractivity contribution in [2.75, 3.05) is 26.4 Å². The predicted molar refractivity (Wildman–Crippen MR) is 98.1 cm³/mol. The summed E-state index contributed by atoms with van der Waals surface area (Å²) in [5, 5.41) is 23.1. The smallest absolute Gasteiger partial charge is 0.0695 e. The summed E-state index contributed by atoms with van der Waals surface area (Å²) in [5.41, 5.74) is 1.06. The molecule has 3 atom stereocenters. The summed E-state index contributed by atoms with van der Waals surface area (Å²) in [7, 11) is 0. The van der Waals surface area contributed by atoms with E-state index in [1.165, 1.54) is 12.0 Å². The van der Waals surface area contributed by atoms with Gasteiger partial charge in [-0.1, -0.05) is 36.8 Å². The van der Waals surface area contributed by atoms with E-state index >= 15 is 0 Å². The molecule has 1 aromatic rings. The van der Waals surface area contributed by atoms with Crippen LogP contribution in [0.3, 0.4) is 0 Å². The maximum absolute atomic E-state index is 9.89. The molecule has 4 nitrogen and oxygen atoms in total. The highest BCUT2D eigenvalue weighted by molar-refractivity contribution is 5.20. The standard InChI is InChI=1S/C21H30N2O2/c22-16-21(10-13-25-14-11-21)19-7-4-8-20(19)23-15-18(9-12-24)17-5-2-1-3-6-17/h1-3,5-6,18-20,23-24H,4,7-15H2. The van der Waals surface area contributed by atoms with Crippen molar-refractivity contribution < 1.29 is 9.84 Å². The van der Waals surface area contributed by atoms with Crippen molar-refractivity contribution in [3.8, 4) is 6.07 Å². The molecule has 0 amide bonds. The quantitative estimate of drug-likeness (QED) is 0.798. The number of nitrogens with one attached hydrogen (secondary N) is 1. The van der Waals surface area contributed by atoms with Crippen LogP contribution in [0.25, 0.3) is 0 Å². The van der Waals surface area contributed by atoms with Crippen LogP contribution in [0.1, 0.15) is 50.0 Å². The summed E-state index contributed by atoms with van der Waals surface area (Å²) in [4.78, 5) is 0. The maximum atomic E-state index is 9.89. The van der Waals surface area contributed by atoms with E-state index in [0.29, 0.717) is 31.1 Å². The highest BCUT2D eigenvalue weighted by Gasteiger charge is 2.46. The summed E-state index contributed by atoms with van der Waals surface area (Å²) in [5.74, 6) is 0.743. The van der Waals surface area contributed by atoms with Gasteiger partial charge in [0.15, 0.2) is 0 Å². The molecule has 25 heavy (non-hydrogen) atoms. The molecule has 1 aromatic carbocycles. The van der Waals surface area contributed by atoms with Crippen molar-refractivity contribution in [1.82, 2.24) is 5.32 Å². The maximum Gasteiger partial charge on any atom is 0.0695 e. The molecule has 3 unspecified atom stereocenters. The van der Waals surface area contributed by atoms with Gasteiger partial charge in [0.25, 0.3) is 0 Å². The van der Waals surface area contributed by atoms with Crippen molar-refractivity contribution in [1.29, 1.82) is 5.26 Å². The van der Waals surface area contributed by atoms with E-state index < -0.39 is 0 Å². The van der Waals surface area contributed by atoms with E-state index in [1.54, 1.807) is 0 Å². The Morgan fingerprint density at radius 3 is 2.68 bits per heavy atom. The van der Waals surface area contributed by atoms with E-state index in [9.17, 15) is 10.4 Å². The third-order valence-corrected chi connectivity index (χ3v) is 6.21. The molecule has 0 spiro atoms. The third kappa shape index (κ3) is 4.23. The second-order valence-corrected chi connectivity index (χ2v) is 7.55. The van der Waals surface area contributed by atoms with Crippen LogP contribution in [0, 0.1) is 22.7 Å². The first-order chi connectivity index (χ1) is 12.3. The highest BCUT2D eigenvalue weighted by Crippen LogP contribution is 2.46. The number of hydrogen-bond acceptors (Lipinski definition) is 4. The first-order valence-corrected chi connectivity index (χ1v) is 9.67. The van der Waals surface area contributed by atoms with Crippen molar-refractivity contribution in [3.63, 3.8) is 0 Å². The highest BCUT2D eigenvalue weighted by atomic mass is 16.5. The number of benzene rings is 1. The molecule has 4 heteroatoms. The van der Waals surface area contributed by atoms with Gasteiger partial charge in [-0.15, -0.1) is 0 Å². The van der Waals surface area contributed by atoms with Gasteiger partial charge in [-0.05, 0) is 49.5 Å². The van der Waals surface area contributed by atoms with Crippen LogP contribution in [0.15, 0.2) is 30.3 Å². The summed E-state index contributed by atoms with van der Waals surface area (Å²) < 4.78 is 5.51. The molecular formula is C21H30N2O2. The minimum Gasteiger partial charge on any atom is -0.396 e. The van der Waals surface area contributed by atoms with Crippen LogP contribution < -0.4 is 5.32 Å². The SMILES string of the molecule is N#CC1(C2CCCC2NCC(CCO)c2ccccc2)CCOCC1. The average Bonchev–Trinajstić information content (AvgIpc) is 3.15. The van der Waals surface area contributed by atoms with Gasteiger partial charge in [0, 0.05) is 32.4 Å². The zero-order chi connectivity index (χ0) is 17.5. The first kappa shape index (κ1) is 18.4. The van der Waals surface area contributed by atoms with Crippen LogP contribution in [0.5, 0.6) is 0 Å². The Hall–Kier alpha value is -1.41. The number of aliphatic hydroxyl groups is 1. The lowest BCUT2D eigenvalue weighted by Gasteiger charge is -2.39.